The Morgan fingerprint density at radius 2 is 0.750 bits per heavy atom. The Morgan fingerprint density at radius 3 is 1.20 bits per heavy atom. The van der Waals surface area contributed by atoms with Gasteiger partial charge in [0.15, 0.2) is 0 Å². The molecule has 60 heavy (non-hydrogen) atoms. The van der Waals surface area contributed by atoms with Gasteiger partial charge in [0.1, 0.15) is 12.2 Å². The third-order valence-electron chi connectivity index (χ3n) is 17.5. The summed E-state index contributed by atoms with van der Waals surface area (Å²) in [5.74, 6) is 40.6. The quantitative estimate of drug-likeness (QED) is 0.235. The molecule has 7 rings (SSSR count). The van der Waals surface area contributed by atoms with Crippen LogP contribution >= 0.6 is 0 Å². The van der Waals surface area contributed by atoms with E-state index in [0.29, 0.717) is 23.7 Å². The van der Waals surface area contributed by atoms with Crippen molar-refractivity contribution in [3.05, 3.63) is 0 Å². The van der Waals surface area contributed by atoms with Crippen molar-refractivity contribution in [2.24, 2.45) is 71.0 Å². The summed E-state index contributed by atoms with van der Waals surface area (Å²) >= 11 is 0. The van der Waals surface area contributed by atoms with E-state index in [0.717, 1.165) is 73.0 Å². The highest BCUT2D eigenvalue weighted by molar-refractivity contribution is 5.38. The van der Waals surface area contributed by atoms with Crippen molar-refractivity contribution in [3.63, 3.8) is 0 Å². The molecule has 0 radical (unpaired) electrons. The van der Waals surface area contributed by atoms with Gasteiger partial charge in [0, 0.05) is 41.4 Å². The number of aliphatic hydroxyl groups is 1. The second-order valence-corrected chi connectivity index (χ2v) is 21.4. The summed E-state index contributed by atoms with van der Waals surface area (Å²) in [5, 5.41) is 9.90. The van der Waals surface area contributed by atoms with Gasteiger partial charge in [0.2, 0.25) is 0 Å². The van der Waals surface area contributed by atoms with E-state index >= 15 is 0 Å². The number of rotatable bonds is 9. The minimum atomic E-state index is -0.00623. The van der Waals surface area contributed by atoms with Gasteiger partial charge in [-0.05, 0) is 213 Å². The summed E-state index contributed by atoms with van der Waals surface area (Å²) < 4.78 is 5.77. The molecular weight excluding hydrogens is 729 g/mol. The number of aliphatic hydroxyl groups excluding tert-OH is 1. The second-order valence-electron chi connectivity index (χ2n) is 21.4. The maximum atomic E-state index is 9.90. The third-order valence-corrected chi connectivity index (χ3v) is 17.5. The molecular formula is C58H80O2. The van der Waals surface area contributed by atoms with Crippen molar-refractivity contribution in [1.82, 2.24) is 0 Å². The van der Waals surface area contributed by atoms with Crippen LogP contribution in [0.1, 0.15) is 205 Å². The van der Waals surface area contributed by atoms with Crippen molar-refractivity contribution in [2.45, 2.75) is 218 Å². The Hall–Kier alpha value is -2.88. The predicted molar refractivity (Wildman–Crippen MR) is 248 cm³/mol. The van der Waals surface area contributed by atoms with Crippen LogP contribution in [-0.4, -0.2) is 17.3 Å². The molecule has 0 saturated heterocycles. The summed E-state index contributed by atoms with van der Waals surface area (Å²) in [4.78, 5) is 0. The van der Waals surface area contributed by atoms with Crippen molar-refractivity contribution in [2.75, 3.05) is 0 Å². The zero-order valence-electron chi connectivity index (χ0n) is 37.6. The first-order valence-electron chi connectivity index (χ1n) is 25.9. The Kier molecular flexibility index (Phi) is 18.6. The van der Waals surface area contributed by atoms with Gasteiger partial charge in [-0.15, -0.1) is 6.42 Å². The Bertz CT molecular complexity index is 1640. The molecule has 324 valence electrons. The predicted octanol–water partition coefficient (Wildman–Crippen LogP) is 13.3. The maximum Gasteiger partial charge on any atom is 0.125 e. The molecule has 2 atom stereocenters. The highest BCUT2D eigenvalue weighted by Crippen LogP contribution is 2.44. The van der Waals surface area contributed by atoms with Crippen LogP contribution in [0.5, 0.6) is 0 Å². The van der Waals surface area contributed by atoms with Gasteiger partial charge in [-0.2, -0.15) is 0 Å². The van der Waals surface area contributed by atoms with E-state index in [1.165, 1.54) is 180 Å². The molecule has 0 amide bonds. The Balaban J connectivity index is 0.707. The zero-order chi connectivity index (χ0) is 41.2. The van der Waals surface area contributed by atoms with Gasteiger partial charge in [-0.25, -0.2) is 0 Å². The highest BCUT2D eigenvalue weighted by atomic mass is 16.5. The highest BCUT2D eigenvalue weighted by Gasteiger charge is 2.33. The maximum absolute atomic E-state index is 9.90. The average Bonchev–Trinajstić information content (AvgIpc) is 3.30. The number of hydrogen-bond donors (Lipinski definition) is 1. The van der Waals surface area contributed by atoms with Crippen LogP contribution in [0.3, 0.4) is 0 Å². The van der Waals surface area contributed by atoms with Crippen molar-refractivity contribution >= 4 is 0 Å². The molecule has 7 aliphatic rings. The number of ether oxygens (including phenoxy) is 1. The first kappa shape index (κ1) is 45.2. The van der Waals surface area contributed by atoms with E-state index in [9.17, 15) is 5.11 Å². The van der Waals surface area contributed by atoms with E-state index in [2.05, 4.69) is 65.3 Å². The third kappa shape index (κ3) is 14.9. The molecule has 0 heterocycles. The minimum absolute atomic E-state index is 0.00623. The van der Waals surface area contributed by atoms with Crippen LogP contribution in [0, 0.1) is 143 Å². The van der Waals surface area contributed by atoms with E-state index in [1.54, 1.807) is 0 Å². The van der Waals surface area contributed by atoms with E-state index in [1.807, 2.05) is 0 Å². The largest absolute Gasteiger partial charge is 0.443 e. The topological polar surface area (TPSA) is 29.5 Å². The second kappa shape index (κ2) is 24.7. The molecule has 2 unspecified atom stereocenters. The molecule has 7 fully saturated rings. The normalized spacial score (nSPS) is 38.1. The van der Waals surface area contributed by atoms with Gasteiger partial charge >= 0.3 is 0 Å². The lowest BCUT2D eigenvalue weighted by Crippen LogP contribution is -2.28. The average molecular weight is 809 g/mol. The fourth-order valence-corrected chi connectivity index (χ4v) is 13.5. The van der Waals surface area contributed by atoms with Gasteiger partial charge in [0.25, 0.3) is 0 Å². The molecule has 0 bridgehead atoms. The summed E-state index contributed by atoms with van der Waals surface area (Å²) in [6, 6.07) is 0. The monoisotopic (exact) mass is 809 g/mol. The summed E-state index contributed by atoms with van der Waals surface area (Å²) in [6.45, 7) is 0. The molecule has 7 saturated carbocycles. The van der Waals surface area contributed by atoms with Crippen molar-refractivity contribution in [1.29, 1.82) is 0 Å². The summed E-state index contributed by atoms with van der Waals surface area (Å²) in [5.41, 5.74) is 0. The van der Waals surface area contributed by atoms with Crippen molar-refractivity contribution in [3.8, 4) is 71.7 Å². The van der Waals surface area contributed by atoms with E-state index < -0.39 is 0 Å². The Morgan fingerprint density at radius 1 is 0.383 bits per heavy atom. The molecule has 2 nitrogen and oxygen atoms in total. The van der Waals surface area contributed by atoms with E-state index in [4.69, 9.17) is 11.2 Å². The van der Waals surface area contributed by atoms with Crippen LogP contribution in [0.2, 0.25) is 0 Å². The Labute approximate surface area is 368 Å². The zero-order valence-corrected chi connectivity index (χ0v) is 37.6. The van der Waals surface area contributed by atoms with Gasteiger partial charge in [0.05, 0.1) is 6.10 Å². The molecule has 2 heteroatoms. The van der Waals surface area contributed by atoms with Crippen LogP contribution in [-0.2, 0) is 4.74 Å². The number of hydrogen-bond acceptors (Lipinski definition) is 2. The summed E-state index contributed by atoms with van der Waals surface area (Å²) in [6.07, 6.45) is 51.4. The minimum Gasteiger partial charge on any atom is -0.443 e. The van der Waals surface area contributed by atoms with E-state index in [-0.39, 0.29) is 12.2 Å². The fraction of sp³-hybridized carbons (Fsp3) is 0.793. The van der Waals surface area contributed by atoms with Crippen LogP contribution in [0.25, 0.3) is 0 Å². The first-order chi connectivity index (χ1) is 29.6. The first-order valence-corrected chi connectivity index (χ1v) is 25.9. The van der Waals surface area contributed by atoms with Gasteiger partial charge in [-0.1, -0.05) is 81.5 Å². The smallest absolute Gasteiger partial charge is 0.125 e. The van der Waals surface area contributed by atoms with Crippen molar-refractivity contribution < 1.29 is 9.84 Å². The summed E-state index contributed by atoms with van der Waals surface area (Å²) in [7, 11) is 0. The number of terminal acetylenes is 1. The van der Waals surface area contributed by atoms with Gasteiger partial charge in [-0.3, -0.25) is 0 Å². The fourth-order valence-electron chi connectivity index (χ4n) is 13.5. The van der Waals surface area contributed by atoms with Crippen LogP contribution in [0.15, 0.2) is 0 Å². The molecule has 7 aliphatic carbocycles. The van der Waals surface area contributed by atoms with Crippen LogP contribution in [0.4, 0.5) is 0 Å². The molecule has 0 aromatic rings. The lowest BCUT2D eigenvalue weighted by molar-refractivity contribution is 0.0736. The standard InChI is InChI=1S/C58H80O2/c1-2-3-4-5-6-7-43-60-58-41-37-56(38-42-58)54-33-29-50(30-34-54)22-20-46-13-17-48(18-14-46)24-26-52-10-8-9-51(44-52)25-23-47-15-11-45(12-16-47)19-21-49-27-31-53(32-28-49)55-35-39-57(59)40-36-55/h1,45-59H,8-22,27-42,44H2. The van der Waals surface area contributed by atoms with Gasteiger partial charge < -0.3 is 9.84 Å². The van der Waals surface area contributed by atoms with Crippen LogP contribution < -0.4 is 0 Å². The molecule has 0 aromatic heterocycles. The molecule has 0 spiro atoms. The molecule has 0 aliphatic heterocycles. The SMILES string of the molecule is C#CC#CC#CC#COC1CCC(C2CCC(CCC3CCC(C#CC4CCCC(C#CC5CCC(CCC6CCC(C7CCC(O)CC7)CC6)CC5)C4)CC3)CC2)CC1. The molecule has 1 N–H and O–H groups in total. The lowest BCUT2D eigenvalue weighted by atomic mass is 9.69. The lowest BCUT2D eigenvalue weighted by Gasteiger charge is -2.37. The molecule has 0 aromatic carbocycles.